The van der Waals surface area contributed by atoms with Crippen molar-refractivity contribution in [1.29, 1.82) is 0 Å². The SMILES string of the molecule is CCN(C(=O)Cl)c1nc(C(F)(F)F)ns1. The Morgan fingerprint density at radius 1 is 1.60 bits per heavy atom. The van der Waals surface area contributed by atoms with Crippen LogP contribution in [0.5, 0.6) is 0 Å². The van der Waals surface area contributed by atoms with Gasteiger partial charge in [0.05, 0.1) is 0 Å². The van der Waals surface area contributed by atoms with Crippen LogP contribution in [0.1, 0.15) is 12.7 Å². The average Bonchev–Trinajstić information content (AvgIpc) is 2.52. The summed E-state index contributed by atoms with van der Waals surface area (Å²) in [6, 6.07) is 0. The van der Waals surface area contributed by atoms with Gasteiger partial charge in [-0.25, -0.2) is 0 Å². The number of carbonyl (C=O) groups excluding carboxylic acids is 1. The lowest BCUT2D eigenvalue weighted by Gasteiger charge is -2.11. The number of hydrogen-bond donors (Lipinski definition) is 0. The topological polar surface area (TPSA) is 46.1 Å². The minimum atomic E-state index is -4.61. The average molecular weight is 260 g/mol. The fourth-order valence-corrected chi connectivity index (χ4v) is 1.78. The zero-order valence-corrected chi connectivity index (χ0v) is 8.95. The van der Waals surface area contributed by atoms with Gasteiger partial charge in [-0.15, -0.1) is 0 Å². The van der Waals surface area contributed by atoms with E-state index >= 15 is 0 Å². The first-order chi connectivity index (χ1) is 6.86. The molecule has 0 aliphatic heterocycles. The van der Waals surface area contributed by atoms with Gasteiger partial charge in [0.1, 0.15) is 0 Å². The van der Waals surface area contributed by atoms with Crippen LogP contribution in [-0.4, -0.2) is 21.3 Å². The van der Waals surface area contributed by atoms with Gasteiger partial charge >= 0.3 is 11.5 Å². The number of rotatable bonds is 2. The summed E-state index contributed by atoms with van der Waals surface area (Å²) in [7, 11) is 0. The number of carbonyl (C=O) groups is 1. The van der Waals surface area contributed by atoms with E-state index in [0.717, 1.165) is 4.90 Å². The first-order valence-corrected chi connectivity index (χ1v) is 4.89. The third-order valence-corrected chi connectivity index (χ3v) is 2.37. The van der Waals surface area contributed by atoms with Crippen LogP contribution in [0.4, 0.5) is 23.1 Å². The quantitative estimate of drug-likeness (QED) is 0.606. The summed E-state index contributed by atoms with van der Waals surface area (Å²) in [5.41, 5.74) is 0. The number of alkyl halides is 3. The number of halogens is 4. The minimum absolute atomic E-state index is 0.134. The van der Waals surface area contributed by atoms with E-state index < -0.39 is 17.4 Å². The molecule has 0 saturated heterocycles. The highest BCUT2D eigenvalue weighted by Gasteiger charge is 2.36. The van der Waals surface area contributed by atoms with Crippen LogP contribution in [0.3, 0.4) is 0 Å². The fourth-order valence-electron chi connectivity index (χ4n) is 0.775. The van der Waals surface area contributed by atoms with Crippen LogP contribution in [0.15, 0.2) is 0 Å². The Morgan fingerprint density at radius 3 is 2.53 bits per heavy atom. The Kier molecular flexibility index (Phi) is 3.50. The molecule has 0 aliphatic carbocycles. The van der Waals surface area contributed by atoms with Crippen molar-refractivity contribution in [2.75, 3.05) is 11.4 Å². The molecule has 1 aromatic rings. The van der Waals surface area contributed by atoms with Crippen LogP contribution in [0, 0.1) is 0 Å². The smallest absolute Gasteiger partial charge is 0.273 e. The van der Waals surface area contributed by atoms with E-state index in [-0.39, 0.29) is 11.7 Å². The summed E-state index contributed by atoms with van der Waals surface area (Å²) >= 11 is 5.62. The molecule has 0 aliphatic rings. The van der Waals surface area contributed by atoms with Gasteiger partial charge in [0.15, 0.2) is 0 Å². The molecule has 1 rings (SSSR count). The third-order valence-electron chi connectivity index (χ3n) is 1.43. The predicted octanol–water partition coefficient (Wildman–Crippen LogP) is 2.74. The number of hydrogen-bond acceptors (Lipinski definition) is 4. The molecule has 15 heavy (non-hydrogen) atoms. The van der Waals surface area contributed by atoms with Crippen molar-refractivity contribution in [3.05, 3.63) is 5.82 Å². The summed E-state index contributed by atoms with van der Waals surface area (Å²) in [5, 5.41) is -1.05. The molecule has 0 N–H and O–H groups in total. The molecule has 1 heterocycles. The molecule has 84 valence electrons. The van der Waals surface area contributed by atoms with Crippen LogP contribution in [-0.2, 0) is 6.18 Å². The summed E-state index contributed by atoms with van der Waals surface area (Å²) in [6.07, 6.45) is -4.61. The zero-order valence-electron chi connectivity index (χ0n) is 7.38. The van der Waals surface area contributed by atoms with Gasteiger partial charge < -0.3 is 0 Å². The van der Waals surface area contributed by atoms with Crippen LogP contribution in [0.2, 0.25) is 0 Å². The predicted molar refractivity (Wildman–Crippen MR) is 49.2 cm³/mol. The second-order valence-corrected chi connectivity index (χ2v) is 3.45. The zero-order chi connectivity index (χ0) is 11.6. The van der Waals surface area contributed by atoms with Crippen LogP contribution < -0.4 is 4.90 Å². The molecule has 0 aromatic carbocycles. The monoisotopic (exact) mass is 259 g/mol. The van der Waals surface area contributed by atoms with Crippen LogP contribution >= 0.6 is 23.1 Å². The lowest BCUT2D eigenvalue weighted by Crippen LogP contribution is -2.25. The summed E-state index contributed by atoms with van der Waals surface area (Å²) in [6.45, 7) is 1.70. The van der Waals surface area contributed by atoms with E-state index in [1.54, 1.807) is 6.92 Å². The highest BCUT2D eigenvalue weighted by Crippen LogP contribution is 2.30. The summed E-state index contributed by atoms with van der Waals surface area (Å²) in [4.78, 5) is 14.9. The molecule has 0 saturated carbocycles. The van der Waals surface area contributed by atoms with Crippen molar-refractivity contribution < 1.29 is 18.0 Å². The standard InChI is InChI=1S/C6H5ClF3N3OS/c1-2-13(4(7)14)5-11-3(12-15-5)6(8,9)10/h2H2,1H3. The lowest BCUT2D eigenvalue weighted by atomic mass is 10.6. The number of amides is 1. The van der Waals surface area contributed by atoms with Gasteiger partial charge in [-0.05, 0) is 18.5 Å². The second kappa shape index (κ2) is 4.31. The van der Waals surface area contributed by atoms with Crippen molar-refractivity contribution >= 4 is 33.6 Å². The number of anilines is 1. The normalized spacial score (nSPS) is 11.5. The Bertz CT molecular complexity index is 367. The van der Waals surface area contributed by atoms with E-state index in [1.165, 1.54) is 0 Å². The summed E-state index contributed by atoms with van der Waals surface area (Å²) < 4.78 is 39.4. The third kappa shape index (κ3) is 2.78. The Hall–Kier alpha value is -0.890. The fraction of sp³-hybridized carbons (Fsp3) is 0.500. The molecule has 1 amide bonds. The van der Waals surface area contributed by atoms with Crippen molar-refractivity contribution in [3.8, 4) is 0 Å². The molecule has 0 fully saturated rings. The Balaban J connectivity index is 2.97. The lowest BCUT2D eigenvalue weighted by molar-refractivity contribution is -0.144. The molecule has 1 aromatic heterocycles. The molecule has 9 heteroatoms. The molecule has 0 radical (unpaired) electrons. The van der Waals surface area contributed by atoms with Crippen molar-refractivity contribution in [1.82, 2.24) is 9.36 Å². The number of aromatic nitrogens is 2. The highest BCUT2D eigenvalue weighted by atomic mass is 35.5. The highest BCUT2D eigenvalue weighted by molar-refractivity contribution is 7.10. The van der Waals surface area contributed by atoms with E-state index in [1.807, 2.05) is 0 Å². The molecular weight excluding hydrogens is 255 g/mol. The minimum Gasteiger partial charge on any atom is -0.273 e. The van der Waals surface area contributed by atoms with Gasteiger partial charge in [-0.2, -0.15) is 22.5 Å². The molecule has 4 nitrogen and oxygen atoms in total. The van der Waals surface area contributed by atoms with Gasteiger partial charge in [0.2, 0.25) is 11.0 Å². The van der Waals surface area contributed by atoms with Gasteiger partial charge in [-0.3, -0.25) is 9.69 Å². The second-order valence-electron chi connectivity index (χ2n) is 2.40. The Morgan fingerprint density at radius 2 is 2.20 bits per heavy atom. The van der Waals surface area contributed by atoms with E-state index in [2.05, 4.69) is 9.36 Å². The van der Waals surface area contributed by atoms with E-state index in [4.69, 9.17) is 11.6 Å². The molecule has 0 bridgehead atoms. The maximum absolute atomic E-state index is 12.1. The van der Waals surface area contributed by atoms with Gasteiger partial charge in [0.25, 0.3) is 0 Å². The summed E-state index contributed by atoms with van der Waals surface area (Å²) in [5.74, 6) is -1.26. The van der Waals surface area contributed by atoms with Crippen molar-refractivity contribution in [3.63, 3.8) is 0 Å². The van der Waals surface area contributed by atoms with Crippen molar-refractivity contribution in [2.24, 2.45) is 0 Å². The first-order valence-electron chi connectivity index (χ1n) is 3.74. The van der Waals surface area contributed by atoms with Crippen LogP contribution in [0.25, 0.3) is 0 Å². The maximum atomic E-state index is 12.1. The molecule has 0 spiro atoms. The maximum Gasteiger partial charge on any atom is 0.452 e. The van der Waals surface area contributed by atoms with E-state index in [0.29, 0.717) is 11.5 Å². The molecular formula is C6H5ClF3N3OS. The van der Waals surface area contributed by atoms with Crippen molar-refractivity contribution in [2.45, 2.75) is 13.1 Å². The van der Waals surface area contributed by atoms with E-state index in [9.17, 15) is 18.0 Å². The number of nitrogens with zero attached hydrogens (tertiary/aromatic N) is 3. The van der Waals surface area contributed by atoms with Gasteiger partial charge in [0, 0.05) is 18.1 Å². The van der Waals surface area contributed by atoms with Gasteiger partial charge in [-0.1, -0.05) is 0 Å². The Labute approximate surface area is 91.8 Å². The molecule has 0 atom stereocenters. The first kappa shape index (κ1) is 12.2. The largest absolute Gasteiger partial charge is 0.452 e. The molecule has 0 unspecified atom stereocenters.